The second-order valence-electron chi connectivity index (χ2n) is 1.34. The van der Waals surface area contributed by atoms with Crippen LogP contribution < -0.4 is 5.73 Å². The van der Waals surface area contributed by atoms with Crippen molar-refractivity contribution < 1.29 is 19.4 Å². The molecule has 9 heavy (non-hydrogen) atoms. The first-order chi connectivity index (χ1) is 4.09. The number of methoxy groups -OCH3 is 1. The minimum atomic E-state index is -1.56. The van der Waals surface area contributed by atoms with E-state index in [1.54, 1.807) is 0 Å². The summed E-state index contributed by atoms with van der Waals surface area (Å²) >= 11 is 0. The van der Waals surface area contributed by atoms with Crippen LogP contribution >= 0.6 is 0 Å². The second kappa shape index (κ2) is 3.03. The lowest BCUT2D eigenvalue weighted by Gasteiger charge is -2.00. The van der Waals surface area contributed by atoms with Crippen LogP contribution in [0.3, 0.4) is 0 Å². The van der Waals surface area contributed by atoms with Crippen molar-refractivity contribution in [2.24, 2.45) is 5.73 Å². The van der Waals surface area contributed by atoms with E-state index in [4.69, 9.17) is 10.8 Å². The van der Waals surface area contributed by atoms with Crippen molar-refractivity contribution in [2.45, 2.75) is 6.04 Å². The molecule has 0 aliphatic heterocycles. The zero-order valence-corrected chi connectivity index (χ0v) is 4.83. The predicted octanol–water partition coefficient (Wildman–Crippen LogP) is -1.43. The van der Waals surface area contributed by atoms with E-state index in [9.17, 15) is 9.59 Å². The van der Waals surface area contributed by atoms with Crippen LogP contribution in [0.4, 0.5) is 0 Å². The lowest BCUT2D eigenvalue weighted by atomic mass is 10.3. The summed E-state index contributed by atoms with van der Waals surface area (Å²) in [6, 6.07) is -1.56. The van der Waals surface area contributed by atoms with Crippen molar-refractivity contribution in [1.82, 2.24) is 0 Å². The fourth-order valence-electron chi connectivity index (χ4n) is 0.228. The summed E-state index contributed by atoms with van der Waals surface area (Å²) in [5.41, 5.74) is 4.80. The maximum Gasteiger partial charge on any atom is 0.334 e. The number of ether oxygens (including phenoxy) is 1. The van der Waals surface area contributed by atoms with Gasteiger partial charge in [0.05, 0.1) is 7.11 Å². The summed E-state index contributed by atoms with van der Waals surface area (Å²) in [7, 11) is 1.07. The Balaban J connectivity index is 3.88. The Kier molecular flexibility index (Phi) is 2.66. The number of carbonyl (C=O) groups is 2. The maximum atomic E-state index is 10.2. The normalized spacial score (nSPS) is 12.2. The van der Waals surface area contributed by atoms with Crippen LogP contribution in [0.5, 0.6) is 0 Å². The fraction of sp³-hybridized carbons (Fsp3) is 0.500. The first-order valence-corrected chi connectivity index (χ1v) is 2.15. The number of nitrogens with two attached hydrogens (primary N) is 1. The van der Waals surface area contributed by atoms with Gasteiger partial charge in [-0.25, -0.2) is 9.59 Å². The van der Waals surface area contributed by atoms with E-state index in [2.05, 4.69) is 4.74 Å². The molecule has 1 atom stereocenters. The molecule has 0 aliphatic carbocycles. The van der Waals surface area contributed by atoms with Crippen molar-refractivity contribution in [1.29, 1.82) is 0 Å². The summed E-state index contributed by atoms with van der Waals surface area (Å²) in [4.78, 5) is 20.1. The highest BCUT2D eigenvalue weighted by molar-refractivity contribution is 5.97. The van der Waals surface area contributed by atoms with Gasteiger partial charge in [-0.1, -0.05) is 0 Å². The lowest BCUT2D eigenvalue weighted by molar-refractivity contribution is -0.151. The summed E-state index contributed by atoms with van der Waals surface area (Å²) in [6.45, 7) is 0. The van der Waals surface area contributed by atoms with Gasteiger partial charge in [0.25, 0.3) is 0 Å². The summed E-state index contributed by atoms with van der Waals surface area (Å²) in [5, 5.41) is 8.06. The molecule has 0 aliphatic rings. The molecule has 0 amide bonds. The van der Waals surface area contributed by atoms with Crippen LogP contribution in [0.2, 0.25) is 0 Å². The summed E-state index contributed by atoms with van der Waals surface area (Å²) < 4.78 is 4.03. The quantitative estimate of drug-likeness (QED) is 0.356. The average molecular weight is 133 g/mol. The first-order valence-electron chi connectivity index (χ1n) is 2.15. The molecular weight excluding hydrogens is 126 g/mol. The molecule has 0 aromatic carbocycles. The number of aliphatic carboxylic acids is 1. The molecule has 0 saturated carbocycles. The minimum absolute atomic E-state index is 0.942. The second-order valence-corrected chi connectivity index (χ2v) is 1.34. The van der Waals surface area contributed by atoms with Crippen molar-refractivity contribution in [3.8, 4) is 0 Å². The van der Waals surface area contributed by atoms with Gasteiger partial charge in [-0.2, -0.15) is 0 Å². The van der Waals surface area contributed by atoms with E-state index in [0.717, 1.165) is 7.11 Å². The Morgan fingerprint density at radius 2 is 2.11 bits per heavy atom. The molecular formula is C4H7NO4. The number of carbonyl (C=O) groups excluding carboxylic acids is 1. The van der Waals surface area contributed by atoms with E-state index < -0.39 is 18.0 Å². The van der Waals surface area contributed by atoms with E-state index >= 15 is 0 Å². The molecule has 0 fully saturated rings. The van der Waals surface area contributed by atoms with Gasteiger partial charge in [-0.3, -0.25) is 0 Å². The fourth-order valence-corrected chi connectivity index (χ4v) is 0.228. The number of esters is 1. The third-order valence-electron chi connectivity index (χ3n) is 0.721. The standard InChI is InChI=1S/C4H7NO4/c1-9-4(8)2(5)3(6)7/h2H,5H2,1H3,(H,6,7)/t2-/m0/s1. The van der Waals surface area contributed by atoms with Crippen LogP contribution in [0.15, 0.2) is 0 Å². The van der Waals surface area contributed by atoms with Gasteiger partial charge >= 0.3 is 11.9 Å². The summed E-state index contributed by atoms with van der Waals surface area (Å²) in [5.74, 6) is -2.33. The van der Waals surface area contributed by atoms with Crippen LogP contribution in [0.1, 0.15) is 0 Å². The van der Waals surface area contributed by atoms with Crippen LogP contribution in [0.25, 0.3) is 0 Å². The van der Waals surface area contributed by atoms with Crippen LogP contribution in [-0.2, 0) is 14.3 Å². The van der Waals surface area contributed by atoms with Gasteiger partial charge < -0.3 is 15.6 Å². The van der Waals surface area contributed by atoms with Crippen LogP contribution in [0, 0.1) is 0 Å². The minimum Gasteiger partial charge on any atom is -0.480 e. The monoisotopic (exact) mass is 133 g/mol. The Morgan fingerprint density at radius 1 is 1.67 bits per heavy atom. The van der Waals surface area contributed by atoms with Gasteiger partial charge in [0, 0.05) is 0 Å². The molecule has 5 nitrogen and oxygen atoms in total. The Hall–Kier alpha value is -1.10. The number of hydrogen-bond acceptors (Lipinski definition) is 4. The van der Waals surface area contributed by atoms with Crippen molar-refractivity contribution in [2.75, 3.05) is 7.11 Å². The Morgan fingerprint density at radius 3 is 2.22 bits per heavy atom. The zero-order valence-electron chi connectivity index (χ0n) is 4.83. The highest BCUT2D eigenvalue weighted by Crippen LogP contribution is 1.81. The highest BCUT2D eigenvalue weighted by Gasteiger charge is 2.20. The zero-order chi connectivity index (χ0) is 7.44. The molecule has 52 valence electrons. The Labute approximate surface area is 51.4 Å². The SMILES string of the molecule is COC(=O)[C@@H](N)C(=O)O. The smallest absolute Gasteiger partial charge is 0.334 e. The van der Waals surface area contributed by atoms with Crippen LogP contribution in [-0.4, -0.2) is 30.2 Å². The van der Waals surface area contributed by atoms with E-state index in [-0.39, 0.29) is 0 Å². The topological polar surface area (TPSA) is 89.6 Å². The number of carboxylic acid groups (broad SMARTS) is 1. The van der Waals surface area contributed by atoms with Crippen molar-refractivity contribution >= 4 is 11.9 Å². The lowest BCUT2D eigenvalue weighted by Crippen LogP contribution is -2.39. The van der Waals surface area contributed by atoms with Gasteiger partial charge in [-0.05, 0) is 0 Å². The van der Waals surface area contributed by atoms with Gasteiger partial charge in [0.2, 0.25) is 6.04 Å². The van der Waals surface area contributed by atoms with Gasteiger partial charge in [-0.15, -0.1) is 0 Å². The Bertz CT molecular complexity index is 133. The van der Waals surface area contributed by atoms with Gasteiger partial charge in [0.1, 0.15) is 0 Å². The van der Waals surface area contributed by atoms with Crippen molar-refractivity contribution in [3.05, 3.63) is 0 Å². The molecule has 0 bridgehead atoms. The van der Waals surface area contributed by atoms with Crippen molar-refractivity contribution in [3.63, 3.8) is 0 Å². The van der Waals surface area contributed by atoms with E-state index in [1.165, 1.54) is 0 Å². The molecule has 0 aromatic heterocycles. The van der Waals surface area contributed by atoms with Gasteiger partial charge in [0.15, 0.2) is 0 Å². The molecule has 0 saturated heterocycles. The third-order valence-corrected chi connectivity index (χ3v) is 0.721. The summed E-state index contributed by atoms with van der Waals surface area (Å²) in [6.07, 6.45) is 0. The predicted molar refractivity (Wildman–Crippen MR) is 27.6 cm³/mol. The maximum absolute atomic E-state index is 10.2. The molecule has 0 aromatic rings. The molecule has 0 heterocycles. The first kappa shape index (κ1) is 7.90. The molecule has 3 N–H and O–H groups in total. The molecule has 0 unspecified atom stereocenters. The third kappa shape index (κ3) is 2.09. The highest BCUT2D eigenvalue weighted by atomic mass is 16.5. The molecule has 0 rings (SSSR count). The van der Waals surface area contributed by atoms with E-state index in [0.29, 0.717) is 0 Å². The largest absolute Gasteiger partial charge is 0.480 e. The molecule has 5 heteroatoms. The number of rotatable bonds is 2. The average Bonchev–Trinajstić information content (AvgIpc) is 1.84. The number of hydrogen-bond donors (Lipinski definition) is 2. The molecule has 0 radical (unpaired) electrons. The van der Waals surface area contributed by atoms with E-state index in [1.807, 2.05) is 0 Å². The molecule has 0 spiro atoms. The number of carboxylic acids is 1.